The number of aromatic nitrogens is 1. The molecule has 0 atom stereocenters. The van der Waals surface area contributed by atoms with Crippen molar-refractivity contribution in [1.82, 2.24) is 3.56 Å². The Labute approximate surface area is 104 Å². The van der Waals surface area contributed by atoms with E-state index in [-0.39, 0.29) is 26.0 Å². The number of nitrogens with zero attached hydrogens (tertiary/aromatic N) is 1. The number of benzene rings is 2. The zero-order valence-electron chi connectivity index (χ0n) is 8.83. The summed E-state index contributed by atoms with van der Waals surface area (Å²) >= 11 is -0.181. The van der Waals surface area contributed by atoms with Gasteiger partial charge in [0.1, 0.15) is 0 Å². The molecule has 0 fully saturated rings. The fraction of sp³-hybridized carbons (Fsp3) is 0. The number of hydrogen-bond donors (Lipinski definition) is 1. The number of fused-ring (bicyclic) bond motifs is 1. The molecule has 4 heteroatoms. The fourth-order valence-electron chi connectivity index (χ4n) is 1.76. The number of aromatic hydroxyl groups is 1. The van der Waals surface area contributed by atoms with Crippen LogP contribution in [-0.4, -0.2) is 23.4 Å². The summed E-state index contributed by atoms with van der Waals surface area (Å²) < 4.78 is 2.51. The molecule has 0 aliphatic heterocycles. The van der Waals surface area contributed by atoms with Crippen molar-refractivity contribution in [2.75, 3.05) is 0 Å². The molecule has 17 heavy (non-hydrogen) atoms. The van der Waals surface area contributed by atoms with Crippen LogP contribution in [0.2, 0.25) is 0 Å². The van der Waals surface area contributed by atoms with E-state index in [9.17, 15) is 9.90 Å². The summed E-state index contributed by atoms with van der Waals surface area (Å²) in [4.78, 5) is 12.2. The van der Waals surface area contributed by atoms with Gasteiger partial charge in [0.05, 0.1) is 0 Å². The Morgan fingerprint density at radius 1 is 1.00 bits per heavy atom. The van der Waals surface area contributed by atoms with Gasteiger partial charge in [-0.25, -0.2) is 0 Å². The van der Waals surface area contributed by atoms with E-state index in [0.29, 0.717) is 5.39 Å². The molecule has 1 aromatic heterocycles. The van der Waals surface area contributed by atoms with Crippen LogP contribution in [0.1, 0.15) is 0 Å². The molecular weight excluding hydrogens is 281 g/mol. The number of para-hydroxylation sites is 1. The predicted octanol–water partition coefficient (Wildman–Crippen LogP) is 1.75. The SMILES string of the molecule is O=c1c2cccc(O)c2[se]n1-c1ccccc1. The van der Waals surface area contributed by atoms with E-state index in [1.54, 1.807) is 21.8 Å². The third-order valence-corrected chi connectivity index (χ3v) is 5.04. The Hall–Kier alpha value is -1.77. The molecule has 2 aromatic carbocycles. The Balaban J connectivity index is 2.37. The van der Waals surface area contributed by atoms with E-state index < -0.39 is 0 Å². The van der Waals surface area contributed by atoms with Crippen LogP contribution in [0.4, 0.5) is 0 Å². The normalized spacial score (nSPS) is 10.8. The molecule has 0 radical (unpaired) electrons. The molecule has 84 valence electrons. The van der Waals surface area contributed by atoms with Crippen LogP contribution in [0.3, 0.4) is 0 Å². The second-order valence-electron chi connectivity index (χ2n) is 3.68. The maximum absolute atomic E-state index is 12.2. The van der Waals surface area contributed by atoms with Gasteiger partial charge in [-0.3, -0.25) is 0 Å². The first-order chi connectivity index (χ1) is 8.27. The molecular formula is C13H9NO2Se. The van der Waals surface area contributed by atoms with E-state index in [2.05, 4.69) is 0 Å². The molecule has 1 heterocycles. The first-order valence-corrected chi connectivity index (χ1v) is 6.79. The standard InChI is InChI=1S/C13H9NO2Se/c15-11-8-4-7-10-12(11)17-14(13(10)16)9-5-2-1-3-6-9/h1-8,15H. The molecule has 1 N–H and O–H groups in total. The van der Waals surface area contributed by atoms with Crippen molar-refractivity contribution in [3.63, 3.8) is 0 Å². The van der Waals surface area contributed by atoms with Gasteiger partial charge in [-0.2, -0.15) is 0 Å². The molecule has 3 aromatic rings. The van der Waals surface area contributed by atoms with Crippen molar-refractivity contribution in [2.24, 2.45) is 0 Å². The van der Waals surface area contributed by atoms with Crippen LogP contribution in [0.25, 0.3) is 15.3 Å². The molecule has 0 aliphatic rings. The van der Waals surface area contributed by atoms with Gasteiger partial charge >= 0.3 is 103 Å². The van der Waals surface area contributed by atoms with Gasteiger partial charge in [0.2, 0.25) is 0 Å². The molecule has 0 saturated heterocycles. The predicted molar refractivity (Wildman–Crippen MR) is 68.1 cm³/mol. The minimum absolute atomic E-state index is 0.0258. The van der Waals surface area contributed by atoms with E-state index >= 15 is 0 Å². The van der Waals surface area contributed by atoms with E-state index in [0.717, 1.165) is 9.95 Å². The summed E-state index contributed by atoms with van der Waals surface area (Å²) in [6.07, 6.45) is 0. The van der Waals surface area contributed by atoms with Gasteiger partial charge in [0, 0.05) is 0 Å². The van der Waals surface area contributed by atoms with E-state index in [4.69, 9.17) is 0 Å². The molecule has 3 rings (SSSR count). The van der Waals surface area contributed by atoms with Crippen molar-refractivity contribution < 1.29 is 5.11 Å². The maximum atomic E-state index is 12.2. The van der Waals surface area contributed by atoms with Crippen LogP contribution in [0.15, 0.2) is 53.3 Å². The second-order valence-corrected chi connectivity index (χ2v) is 5.69. The number of hydrogen-bond acceptors (Lipinski definition) is 2. The molecule has 0 amide bonds. The van der Waals surface area contributed by atoms with Crippen molar-refractivity contribution in [2.45, 2.75) is 0 Å². The van der Waals surface area contributed by atoms with E-state index in [1.165, 1.54) is 0 Å². The Morgan fingerprint density at radius 2 is 1.76 bits per heavy atom. The monoisotopic (exact) mass is 291 g/mol. The summed E-state index contributed by atoms with van der Waals surface area (Å²) in [6, 6.07) is 14.6. The summed E-state index contributed by atoms with van der Waals surface area (Å²) in [5, 5.41) is 10.4. The van der Waals surface area contributed by atoms with Gasteiger partial charge in [0.25, 0.3) is 0 Å². The van der Waals surface area contributed by atoms with Crippen LogP contribution >= 0.6 is 0 Å². The van der Waals surface area contributed by atoms with Crippen molar-refractivity contribution >= 4 is 24.4 Å². The minimum atomic E-state index is -0.181. The molecule has 0 saturated carbocycles. The topological polar surface area (TPSA) is 42.2 Å². The van der Waals surface area contributed by atoms with Crippen LogP contribution < -0.4 is 5.56 Å². The van der Waals surface area contributed by atoms with Gasteiger partial charge in [0.15, 0.2) is 0 Å². The van der Waals surface area contributed by atoms with Crippen LogP contribution in [0, 0.1) is 0 Å². The third kappa shape index (κ3) is 1.62. The quantitative estimate of drug-likeness (QED) is 0.694. The molecule has 0 spiro atoms. The van der Waals surface area contributed by atoms with Crippen molar-refractivity contribution in [3.8, 4) is 11.4 Å². The zero-order chi connectivity index (χ0) is 11.8. The van der Waals surface area contributed by atoms with Crippen LogP contribution in [-0.2, 0) is 0 Å². The summed E-state index contributed by atoms with van der Waals surface area (Å²) in [5.74, 6) is 0.217. The van der Waals surface area contributed by atoms with Gasteiger partial charge in [-0.05, 0) is 0 Å². The fourth-order valence-corrected chi connectivity index (χ4v) is 3.88. The number of rotatable bonds is 1. The number of phenols is 1. The first-order valence-electron chi connectivity index (χ1n) is 5.17. The van der Waals surface area contributed by atoms with E-state index in [1.807, 2.05) is 30.3 Å². The molecule has 0 unspecified atom stereocenters. The van der Waals surface area contributed by atoms with Gasteiger partial charge < -0.3 is 0 Å². The molecule has 0 bridgehead atoms. The summed E-state index contributed by atoms with van der Waals surface area (Å²) in [7, 11) is 0. The Bertz CT molecular complexity index is 728. The zero-order valence-corrected chi connectivity index (χ0v) is 10.5. The Morgan fingerprint density at radius 3 is 2.47 bits per heavy atom. The third-order valence-electron chi connectivity index (χ3n) is 2.58. The molecule has 0 aliphatic carbocycles. The van der Waals surface area contributed by atoms with Crippen molar-refractivity contribution in [1.29, 1.82) is 0 Å². The second kappa shape index (κ2) is 3.91. The average molecular weight is 290 g/mol. The van der Waals surface area contributed by atoms with Crippen molar-refractivity contribution in [3.05, 3.63) is 58.9 Å². The number of phenolic OH excluding ortho intramolecular Hbond substituents is 1. The van der Waals surface area contributed by atoms with Gasteiger partial charge in [-0.15, -0.1) is 0 Å². The first kappa shape index (κ1) is 10.4. The summed E-state index contributed by atoms with van der Waals surface area (Å²) in [6.45, 7) is 0. The average Bonchev–Trinajstić information content (AvgIpc) is 2.70. The van der Waals surface area contributed by atoms with Gasteiger partial charge in [-0.1, -0.05) is 0 Å². The van der Waals surface area contributed by atoms with Crippen LogP contribution in [0.5, 0.6) is 5.75 Å². The summed E-state index contributed by atoms with van der Waals surface area (Å²) in [5.41, 5.74) is 0.857. The Kier molecular flexibility index (Phi) is 2.39. The molecule has 3 nitrogen and oxygen atoms in total.